The van der Waals surface area contributed by atoms with Gasteiger partial charge in [-0.1, -0.05) is 11.6 Å². The number of aromatic nitrogens is 2. The lowest BCUT2D eigenvalue weighted by molar-refractivity contribution is 0.340. The van der Waals surface area contributed by atoms with Gasteiger partial charge in [0.15, 0.2) is 0 Å². The van der Waals surface area contributed by atoms with Crippen LogP contribution in [0.15, 0.2) is 24.3 Å². The van der Waals surface area contributed by atoms with Crippen molar-refractivity contribution < 1.29 is 4.74 Å². The summed E-state index contributed by atoms with van der Waals surface area (Å²) in [5.41, 5.74) is 3.08. The Bertz CT molecular complexity index is 534. The van der Waals surface area contributed by atoms with E-state index in [4.69, 9.17) is 16.3 Å². The summed E-state index contributed by atoms with van der Waals surface area (Å²) in [6.07, 6.45) is 0. The van der Waals surface area contributed by atoms with Gasteiger partial charge in [0.05, 0.1) is 23.0 Å². The second-order valence-corrected chi connectivity index (χ2v) is 4.28. The maximum Gasteiger partial charge on any atom is 0.137 e. The highest BCUT2D eigenvalue weighted by Crippen LogP contribution is 2.30. The Labute approximate surface area is 106 Å². The van der Waals surface area contributed by atoms with Crippen LogP contribution in [0.1, 0.15) is 12.6 Å². The van der Waals surface area contributed by atoms with Gasteiger partial charge in [-0.05, 0) is 38.1 Å². The fourth-order valence-electron chi connectivity index (χ4n) is 1.81. The lowest BCUT2D eigenvalue weighted by Gasteiger charge is -2.07. The Kier molecular flexibility index (Phi) is 3.38. The minimum absolute atomic E-state index is 0.615. The average molecular weight is 251 g/mol. The van der Waals surface area contributed by atoms with Crippen molar-refractivity contribution in [3.63, 3.8) is 0 Å². The first-order chi connectivity index (χ1) is 8.11. The summed E-state index contributed by atoms with van der Waals surface area (Å²) in [7, 11) is 1.92. The predicted octanol–water partition coefficient (Wildman–Crippen LogP) is 3.45. The summed E-state index contributed by atoms with van der Waals surface area (Å²) >= 11 is 6.16. The lowest BCUT2D eigenvalue weighted by atomic mass is 10.1. The van der Waals surface area contributed by atoms with E-state index >= 15 is 0 Å². The Hall–Kier alpha value is -1.48. The molecule has 0 aliphatic carbocycles. The van der Waals surface area contributed by atoms with Gasteiger partial charge in [0.1, 0.15) is 5.75 Å². The lowest BCUT2D eigenvalue weighted by Crippen LogP contribution is -1.95. The van der Waals surface area contributed by atoms with Crippen LogP contribution in [0.4, 0.5) is 0 Å². The molecule has 0 spiro atoms. The summed E-state index contributed by atoms with van der Waals surface area (Å²) in [6.45, 7) is 4.53. The fourth-order valence-corrected chi connectivity index (χ4v) is 2.05. The van der Waals surface area contributed by atoms with Gasteiger partial charge >= 0.3 is 0 Å². The van der Waals surface area contributed by atoms with E-state index in [0.29, 0.717) is 11.6 Å². The van der Waals surface area contributed by atoms with Gasteiger partial charge in [0, 0.05) is 12.6 Å². The van der Waals surface area contributed by atoms with Crippen molar-refractivity contribution >= 4 is 11.6 Å². The number of benzene rings is 1. The molecule has 17 heavy (non-hydrogen) atoms. The molecule has 1 heterocycles. The zero-order valence-electron chi connectivity index (χ0n) is 10.2. The number of rotatable bonds is 3. The van der Waals surface area contributed by atoms with Crippen LogP contribution in [0.3, 0.4) is 0 Å². The average Bonchev–Trinajstić information content (AvgIpc) is 2.61. The summed E-state index contributed by atoms with van der Waals surface area (Å²) in [4.78, 5) is 0. The Balaban J connectivity index is 2.41. The molecule has 3 nitrogen and oxygen atoms in total. The van der Waals surface area contributed by atoms with Crippen LogP contribution >= 0.6 is 11.6 Å². The van der Waals surface area contributed by atoms with Crippen LogP contribution in [0.2, 0.25) is 5.02 Å². The Morgan fingerprint density at radius 2 is 2.12 bits per heavy atom. The van der Waals surface area contributed by atoms with Crippen LogP contribution in [-0.2, 0) is 7.05 Å². The van der Waals surface area contributed by atoms with Crippen molar-refractivity contribution in [2.75, 3.05) is 6.61 Å². The highest BCUT2D eigenvalue weighted by Gasteiger charge is 2.08. The first-order valence-corrected chi connectivity index (χ1v) is 5.93. The quantitative estimate of drug-likeness (QED) is 0.834. The van der Waals surface area contributed by atoms with Crippen LogP contribution in [0.5, 0.6) is 5.75 Å². The summed E-state index contributed by atoms with van der Waals surface area (Å²) < 4.78 is 7.26. The normalized spacial score (nSPS) is 10.6. The summed E-state index contributed by atoms with van der Waals surface area (Å²) in [5, 5.41) is 4.95. The van der Waals surface area contributed by atoms with Gasteiger partial charge in [0.2, 0.25) is 0 Å². The fraction of sp³-hybridized carbons (Fsp3) is 0.308. The van der Waals surface area contributed by atoms with Crippen molar-refractivity contribution in [3.05, 3.63) is 35.0 Å². The second kappa shape index (κ2) is 4.80. The highest BCUT2D eigenvalue weighted by atomic mass is 35.5. The molecule has 0 radical (unpaired) electrons. The SMILES string of the molecule is CCOc1ccc(-c2cc(C)nn2C)cc1Cl. The summed E-state index contributed by atoms with van der Waals surface area (Å²) in [6, 6.07) is 7.83. The van der Waals surface area contributed by atoms with Gasteiger partial charge in [-0.15, -0.1) is 0 Å². The van der Waals surface area contributed by atoms with Crippen molar-refractivity contribution in [1.29, 1.82) is 0 Å². The molecule has 1 aromatic heterocycles. The topological polar surface area (TPSA) is 27.1 Å². The third-order valence-corrected chi connectivity index (χ3v) is 2.82. The number of nitrogens with zero attached hydrogens (tertiary/aromatic N) is 2. The molecule has 0 aliphatic rings. The zero-order valence-corrected chi connectivity index (χ0v) is 11.0. The van der Waals surface area contributed by atoms with E-state index < -0.39 is 0 Å². The third kappa shape index (κ3) is 2.44. The molecule has 0 amide bonds. The van der Waals surface area contributed by atoms with Crippen LogP contribution in [0.25, 0.3) is 11.3 Å². The molecule has 0 fully saturated rings. The molecule has 0 aliphatic heterocycles. The molecule has 1 aromatic carbocycles. The van der Waals surface area contributed by atoms with Crippen molar-refractivity contribution in [3.8, 4) is 17.0 Å². The first-order valence-electron chi connectivity index (χ1n) is 5.55. The predicted molar refractivity (Wildman–Crippen MR) is 69.6 cm³/mol. The molecule has 4 heteroatoms. The number of aryl methyl sites for hydroxylation is 2. The molecule has 2 rings (SSSR count). The smallest absolute Gasteiger partial charge is 0.137 e. The van der Waals surface area contributed by atoms with Crippen LogP contribution in [0, 0.1) is 6.92 Å². The molecule has 2 aromatic rings. The van der Waals surface area contributed by atoms with Gasteiger partial charge in [-0.3, -0.25) is 4.68 Å². The monoisotopic (exact) mass is 250 g/mol. The molecular formula is C13H15ClN2O. The first kappa shape index (κ1) is 12.0. The maximum atomic E-state index is 6.16. The highest BCUT2D eigenvalue weighted by molar-refractivity contribution is 6.32. The number of ether oxygens (including phenoxy) is 1. The molecule has 0 saturated carbocycles. The van der Waals surface area contributed by atoms with E-state index in [2.05, 4.69) is 5.10 Å². The molecular weight excluding hydrogens is 236 g/mol. The van der Waals surface area contributed by atoms with E-state index in [9.17, 15) is 0 Å². The Morgan fingerprint density at radius 1 is 1.35 bits per heavy atom. The van der Waals surface area contributed by atoms with Gasteiger partial charge in [-0.2, -0.15) is 5.10 Å². The van der Waals surface area contributed by atoms with E-state index in [1.165, 1.54) is 0 Å². The van der Waals surface area contributed by atoms with E-state index in [1.54, 1.807) is 0 Å². The molecule has 0 unspecified atom stereocenters. The Morgan fingerprint density at radius 3 is 2.65 bits per heavy atom. The number of hydrogen-bond donors (Lipinski definition) is 0. The van der Waals surface area contributed by atoms with Gasteiger partial charge in [-0.25, -0.2) is 0 Å². The second-order valence-electron chi connectivity index (χ2n) is 3.87. The molecule has 0 N–H and O–H groups in total. The van der Waals surface area contributed by atoms with E-state index in [-0.39, 0.29) is 0 Å². The minimum Gasteiger partial charge on any atom is -0.492 e. The summed E-state index contributed by atoms with van der Waals surface area (Å²) in [5.74, 6) is 0.719. The van der Waals surface area contributed by atoms with Crippen molar-refractivity contribution in [2.24, 2.45) is 7.05 Å². The number of halogens is 1. The minimum atomic E-state index is 0.615. The standard InChI is InChI=1S/C13H15ClN2O/c1-4-17-13-6-5-10(8-11(13)14)12-7-9(2)15-16(12)3/h5-8H,4H2,1-3H3. The largest absolute Gasteiger partial charge is 0.492 e. The van der Waals surface area contributed by atoms with Gasteiger partial charge < -0.3 is 4.74 Å². The van der Waals surface area contributed by atoms with Crippen molar-refractivity contribution in [1.82, 2.24) is 9.78 Å². The molecule has 0 bridgehead atoms. The molecule has 90 valence electrons. The third-order valence-electron chi connectivity index (χ3n) is 2.53. The van der Waals surface area contributed by atoms with Gasteiger partial charge in [0.25, 0.3) is 0 Å². The van der Waals surface area contributed by atoms with Crippen LogP contribution < -0.4 is 4.74 Å². The molecule has 0 atom stereocenters. The van der Waals surface area contributed by atoms with E-state index in [0.717, 1.165) is 22.7 Å². The zero-order chi connectivity index (χ0) is 12.4. The maximum absolute atomic E-state index is 6.16. The van der Waals surface area contributed by atoms with E-state index in [1.807, 2.05) is 49.8 Å². The number of hydrogen-bond acceptors (Lipinski definition) is 2. The molecule has 0 saturated heterocycles. The van der Waals surface area contributed by atoms with Crippen LogP contribution in [-0.4, -0.2) is 16.4 Å². The van der Waals surface area contributed by atoms with Crippen molar-refractivity contribution in [2.45, 2.75) is 13.8 Å².